The van der Waals surface area contributed by atoms with Crippen molar-refractivity contribution in [3.63, 3.8) is 0 Å². The van der Waals surface area contributed by atoms with Gasteiger partial charge >= 0.3 is 6.01 Å². The van der Waals surface area contributed by atoms with Gasteiger partial charge in [0.05, 0.1) is 18.9 Å². The number of amides is 1. The number of hydrogen-bond donors (Lipinski definition) is 0. The van der Waals surface area contributed by atoms with Crippen LogP contribution < -0.4 is 4.74 Å². The van der Waals surface area contributed by atoms with E-state index in [0.29, 0.717) is 6.54 Å². The Kier molecular flexibility index (Phi) is 4.65. The van der Waals surface area contributed by atoms with Gasteiger partial charge in [0.15, 0.2) is 5.82 Å². The summed E-state index contributed by atoms with van der Waals surface area (Å²) >= 11 is 0. The molecule has 0 aliphatic carbocycles. The highest BCUT2D eigenvalue weighted by Crippen LogP contribution is 2.16. The van der Waals surface area contributed by atoms with Gasteiger partial charge in [0.25, 0.3) is 0 Å². The Morgan fingerprint density at radius 1 is 1.45 bits per heavy atom. The van der Waals surface area contributed by atoms with Gasteiger partial charge in [-0.1, -0.05) is 5.57 Å². The highest BCUT2D eigenvalue weighted by atomic mass is 19.1. The van der Waals surface area contributed by atoms with Gasteiger partial charge in [-0.25, -0.2) is 14.4 Å². The summed E-state index contributed by atoms with van der Waals surface area (Å²) in [5.41, 5.74) is 0.972. The van der Waals surface area contributed by atoms with Crippen molar-refractivity contribution in [2.24, 2.45) is 0 Å². The van der Waals surface area contributed by atoms with Crippen LogP contribution in [0.4, 0.5) is 4.39 Å². The van der Waals surface area contributed by atoms with Crippen LogP contribution in [0.2, 0.25) is 0 Å². The number of rotatable bonds is 3. The highest BCUT2D eigenvalue weighted by molar-refractivity contribution is 5.88. The normalized spacial score (nSPS) is 18.6. The molecule has 1 saturated heterocycles. The van der Waals surface area contributed by atoms with E-state index in [4.69, 9.17) is 4.74 Å². The molecule has 0 N–H and O–H groups in total. The summed E-state index contributed by atoms with van der Waals surface area (Å²) in [5, 5.41) is 0. The first kappa shape index (κ1) is 14.4. The second-order valence-corrected chi connectivity index (χ2v) is 5.07. The van der Waals surface area contributed by atoms with Crippen LogP contribution in [0, 0.1) is 5.82 Å². The molecule has 0 aromatic carbocycles. The first-order valence-electron chi connectivity index (χ1n) is 6.62. The third kappa shape index (κ3) is 4.01. The Morgan fingerprint density at radius 3 is 2.80 bits per heavy atom. The number of aromatic nitrogens is 2. The van der Waals surface area contributed by atoms with E-state index >= 15 is 0 Å². The lowest BCUT2D eigenvalue weighted by molar-refractivity contribution is -0.128. The summed E-state index contributed by atoms with van der Waals surface area (Å²) in [4.78, 5) is 21.3. The molecule has 1 atom stereocenters. The smallest absolute Gasteiger partial charge is 0.316 e. The fraction of sp³-hybridized carbons (Fsp3) is 0.500. The first-order chi connectivity index (χ1) is 9.54. The van der Waals surface area contributed by atoms with E-state index in [0.717, 1.165) is 37.4 Å². The van der Waals surface area contributed by atoms with Crippen molar-refractivity contribution in [2.75, 3.05) is 13.1 Å². The van der Waals surface area contributed by atoms with Crippen LogP contribution in [0.25, 0.3) is 0 Å². The maximum Gasteiger partial charge on any atom is 0.316 e. The number of halogens is 1. The zero-order chi connectivity index (χ0) is 14.5. The first-order valence-corrected chi connectivity index (χ1v) is 6.62. The summed E-state index contributed by atoms with van der Waals surface area (Å²) < 4.78 is 18.3. The van der Waals surface area contributed by atoms with Gasteiger partial charge in [-0.3, -0.25) is 4.79 Å². The number of nitrogens with zero attached hydrogens (tertiary/aromatic N) is 3. The van der Waals surface area contributed by atoms with E-state index in [-0.39, 0.29) is 18.0 Å². The summed E-state index contributed by atoms with van der Waals surface area (Å²) in [6.07, 6.45) is 5.31. The molecule has 0 spiro atoms. The summed E-state index contributed by atoms with van der Waals surface area (Å²) in [6.45, 7) is 5.01. The summed E-state index contributed by atoms with van der Waals surface area (Å²) in [6, 6.07) is 0.146. The van der Waals surface area contributed by atoms with Crippen molar-refractivity contribution in [3.05, 3.63) is 29.9 Å². The monoisotopic (exact) mass is 279 g/mol. The highest BCUT2D eigenvalue weighted by Gasteiger charge is 2.24. The molecule has 1 amide bonds. The van der Waals surface area contributed by atoms with E-state index in [1.807, 2.05) is 13.8 Å². The van der Waals surface area contributed by atoms with Crippen molar-refractivity contribution in [1.29, 1.82) is 0 Å². The molecule has 1 aliphatic heterocycles. The van der Waals surface area contributed by atoms with Crippen LogP contribution in [-0.4, -0.2) is 40.0 Å². The molecule has 6 heteroatoms. The molecule has 0 saturated carbocycles. The SMILES string of the molecule is CC(C)=CC(=O)N1CCC[C@@H](Oc2ncc(F)cn2)C1. The van der Waals surface area contributed by atoms with Crippen LogP contribution in [0.1, 0.15) is 26.7 Å². The molecule has 5 nitrogen and oxygen atoms in total. The molecule has 1 aliphatic rings. The molecule has 1 fully saturated rings. The second-order valence-electron chi connectivity index (χ2n) is 5.07. The minimum atomic E-state index is -0.499. The van der Waals surface area contributed by atoms with Crippen LogP contribution in [-0.2, 0) is 4.79 Å². The van der Waals surface area contributed by atoms with E-state index < -0.39 is 5.82 Å². The predicted molar refractivity (Wildman–Crippen MR) is 71.7 cm³/mol. The molecule has 1 aromatic heterocycles. The van der Waals surface area contributed by atoms with Crippen LogP contribution in [0.3, 0.4) is 0 Å². The van der Waals surface area contributed by atoms with E-state index in [1.165, 1.54) is 0 Å². The van der Waals surface area contributed by atoms with E-state index in [2.05, 4.69) is 9.97 Å². The Bertz CT molecular complexity index is 498. The van der Waals surface area contributed by atoms with Crippen molar-refractivity contribution in [3.8, 4) is 6.01 Å². The number of hydrogen-bond acceptors (Lipinski definition) is 4. The Balaban J connectivity index is 1.95. The Labute approximate surface area is 117 Å². The molecule has 0 unspecified atom stereocenters. The summed E-state index contributed by atoms with van der Waals surface area (Å²) in [7, 11) is 0. The van der Waals surface area contributed by atoms with Gasteiger partial charge in [-0.05, 0) is 26.7 Å². The maximum atomic E-state index is 12.7. The number of carbonyl (C=O) groups is 1. The topological polar surface area (TPSA) is 55.3 Å². The number of carbonyl (C=O) groups excluding carboxylic acids is 1. The second kappa shape index (κ2) is 6.45. The van der Waals surface area contributed by atoms with E-state index in [1.54, 1.807) is 11.0 Å². The Morgan fingerprint density at radius 2 is 2.15 bits per heavy atom. The summed E-state index contributed by atoms with van der Waals surface area (Å²) in [5.74, 6) is -0.500. The fourth-order valence-corrected chi connectivity index (χ4v) is 2.08. The molecule has 20 heavy (non-hydrogen) atoms. The number of likely N-dealkylation sites (tertiary alicyclic amines) is 1. The van der Waals surface area contributed by atoms with Crippen LogP contribution >= 0.6 is 0 Å². The average Bonchev–Trinajstić information content (AvgIpc) is 2.41. The lowest BCUT2D eigenvalue weighted by Gasteiger charge is -2.31. The number of allylic oxidation sites excluding steroid dienone is 1. The molecule has 108 valence electrons. The number of piperidine rings is 1. The zero-order valence-electron chi connectivity index (χ0n) is 11.7. The van der Waals surface area contributed by atoms with Crippen molar-refractivity contribution in [2.45, 2.75) is 32.8 Å². The van der Waals surface area contributed by atoms with Gasteiger partial charge in [0.1, 0.15) is 6.10 Å². The van der Waals surface area contributed by atoms with Crippen LogP contribution in [0.5, 0.6) is 6.01 Å². The average molecular weight is 279 g/mol. The molecular weight excluding hydrogens is 261 g/mol. The van der Waals surface area contributed by atoms with Gasteiger partial charge in [0, 0.05) is 12.6 Å². The zero-order valence-corrected chi connectivity index (χ0v) is 11.7. The Hall–Kier alpha value is -1.98. The van der Waals surface area contributed by atoms with Gasteiger partial charge in [-0.2, -0.15) is 0 Å². The molecular formula is C14H18FN3O2. The lowest BCUT2D eigenvalue weighted by atomic mass is 10.1. The van der Waals surface area contributed by atoms with Crippen molar-refractivity contribution in [1.82, 2.24) is 14.9 Å². The quantitative estimate of drug-likeness (QED) is 0.794. The van der Waals surface area contributed by atoms with Gasteiger partial charge in [-0.15, -0.1) is 0 Å². The fourth-order valence-electron chi connectivity index (χ4n) is 2.08. The largest absolute Gasteiger partial charge is 0.458 e. The molecule has 0 bridgehead atoms. The minimum Gasteiger partial charge on any atom is -0.458 e. The van der Waals surface area contributed by atoms with Crippen LogP contribution in [0.15, 0.2) is 24.0 Å². The molecule has 2 heterocycles. The minimum absolute atomic E-state index is 0.00155. The molecule has 2 rings (SSSR count). The third-order valence-electron chi connectivity index (χ3n) is 2.97. The van der Waals surface area contributed by atoms with Gasteiger partial charge in [0.2, 0.25) is 5.91 Å². The van der Waals surface area contributed by atoms with Crippen molar-refractivity contribution < 1.29 is 13.9 Å². The van der Waals surface area contributed by atoms with E-state index in [9.17, 15) is 9.18 Å². The predicted octanol–water partition coefficient (Wildman–Crippen LogP) is 1.95. The molecule has 0 radical (unpaired) electrons. The lowest BCUT2D eigenvalue weighted by Crippen LogP contribution is -2.44. The third-order valence-corrected chi connectivity index (χ3v) is 2.97. The molecule has 1 aromatic rings. The number of ether oxygens (including phenoxy) is 1. The van der Waals surface area contributed by atoms with Gasteiger partial charge < -0.3 is 9.64 Å². The maximum absolute atomic E-state index is 12.7. The van der Waals surface area contributed by atoms with Crippen molar-refractivity contribution >= 4 is 5.91 Å². The standard InChI is InChI=1S/C14H18FN3O2/c1-10(2)6-13(19)18-5-3-4-12(9-18)20-14-16-7-11(15)8-17-14/h6-8,12H,3-5,9H2,1-2H3/t12-/m1/s1.